The quantitative estimate of drug-likeness (QED) is 0.699. The lowest BCUT2D eigenvalue weighted by Crippen LogP contribution is -2.11. The highest BCUT2D eigenvalue weighted by Crippen LogP contribution is 2.13. The lowest BCUT2D eigenvalue weighted by Gasteiger charge is -2.08. The van der Waals surface area contributed by atoms with Gasteiger partial charge in [-0.1, -0.05) is 25.1 Å². The van der Waals surface area contributed by atoms with Crippen LogP contribution in [0.15, 0.2) is 30.3 Å². The maximum Gasteiger partial charge on any atom is 0.324 e. The molecule has 0 saturated carbocycles. The van der Waals surface area contributed by atoms with Gasteiger partial charge in [0.1, 0.15) is 19.0 Å². The molecule has 2 aromatic rings. The molecule has 1 aromatic carbocycles. The zero-order valence-electron chi connectivity index (χ0n) is 11.7. The van der Waals surface area contributed by atoms with Crippen molar-refractivity contribution in [2.45, 2.75) is 13.3 Å². The lowest BCUT2D eigenvalue weighted by atomic mass is 10.3. The summed E-state index contributed by atoms with van der Waals surface area (Å²) in [5.41, 5.74) is 0. The molecule has 0 bridgehead atoms. The molecule has 7 heteroatoms. The lowest BCUT2D eigenvalue weighted by molar-refractivity contribution is 0.201. The summed E-state index contributed by atoms with van der Waals surface area (Å²) >= 11 is 5.78. The molecule has 6 nitrogen and oxygen atoms in total. The van der Waals surface area contributed by atoms with Gasteiger partial charge in [-0.3, -0.25) is 0 Å². The van der Waals surface area contributed by atoms with Crippen molar-refractivity contribution in [3.05, 3.63) is 35.6 Å². The third kappa shape index (κ3) is 5.43. The number of nitrogens with zero attached hydrogens (tertiary/aromatic N) is 3. The SMILES string of the molecule is CCCOc1nc(Cl)nc(OCCOc2ccccc2)n1. The van der Waals surface area contributed by atoms with Crippen LogP contribution < -0.4 is 14.2 Å². The monoisotopic (exact) mass is 309 g/mol. The van der Waals surface area contributed by atoms with Gasteiger partial charge in [0.25, 0.3) is 0 Å². The van der Waals surface area contributed by atoms with E-state index < -0.39 is 0 Å². The third-order valence-electron chi connectivity index (χ3n) is 2.33. The van der Waals surface area contributed by atoms with Crippen molar-refractivity contribution in [3.8, 4) is 17.8 Å². The van der Waals surface area contributed by atoms with Gasteiger partial charge >= 0.3 is 12.0 Å². The predicted molar refractivity (Wildman–Crippen MR) is 78.1 cm³/mol. The number of para-hydroxylation sites is 1. The number of aromatic nitrogens is 3. The Morgan fingerprint density at radius 3 is 2.14 bits per heavy atom. The average Bonchev–Trinajstić information content (AvgIpc) is 2.50. The zero-order chi connectivity index (χ0) is 14.9. The molecule has 1 heterocycles. The topological polar surface area (TPSA) is 66.4 Å². The van der Waals surface area contributed by atoms with Crippen molar-refractivity contribution in [1.29, 1.82) is 0 Å². The summed E-state index contributed by atoms with van der Waals surface area (Å²) in [6.45, 7) is 3.17. The molecule has 0 unspecified atom stereocenters. The smallest absolute Gasteiger partial charge is 0.324 e. The maximum atomic E-state index is 5.78. The van der Waals surface area contributed by atoms with Gasteiger partial charge in [0.2, 0.25) is 5.28 Å². The Labute approximate surface area is 128 Å². The minimum atomic E-state index is 0.0371. The fraction of sp³-hybridized carbons (Fsp3) is 0.357. The van der Waals surface area contributed by atoms with Crippen LogP contribution in [-0.2, 0) is 0 Å². The molecule has 112 valence electrons. The van der Waals surface area contributed by atoms with E-state index in [2.05, 4.69) is 15.0 Å². The molecular weight excluding hydrogens is 294 g/mol. The standard InChI is InChI=1S/C14H16ClN3O3/c1-2-8-20-13-16-12(15)17-14(18-13)21-10-9-19-11-6-4-3-5-7-11/h3-7H,2,8-10H2,1H3. The third-order valence-corrected chi connectivity index (χ3v) is 2.50. The maximum absolute atomic E-state index is 5.78. The molecule has 1 aromatic heterocycles. The van der Waals surface area contributed by atoms with Gasteiger partial charge < -0.3 is 14.2 Å². The first-order valence-electron chi connectivity index (χ1n) is 6.63. The van der Waals surface area contributed by atoms with Crippen LogP contribution in [0.25, 0.3) is 0 Å². The highest BCUT2D eigenvalue weighted by Gasteiger charge is 2.07. The molecule has 0 aliphatic heterocycles. The summed E-state index contributed by atoms with van der Waals surface area (Å²) in [6.07, 6.45) is 0.852. The van der Waals surface area contributed by atoms with Crippen LogP contribution in [0.3, 0.4) is 0 Å². The molecule has 0 aliphatic carbocycles. The number of halogens is 1. The van der Waals surface area contributed by atoms with Gasteiger partial charge in [0, 0.05) is 0 Å². The Bertz CT molecular complexity index is 554. The molecule has 0 atom stereocenters. The predicted octanol–water partition coefficient (Wildman–Crippen LogP) is 2.77. The Morgan fingerprint density at radius 2 is 1.48 bits per heavy atom. The summed E-state index contributed by atoms with van der Waals surface area (Å²) in [7, 11) is 0. The van der Waals surface area contributed by atoms with E-state index in [4.69, 9.17) is 25.8 Å². The van der Waals surface area contributed by atoms with Crippen LogP contribution >= 0.6 is 11.6 Å². The fourth-order valence-electron chi connectivity index (χ4n) is 1.45. The minimum absolute atomic E-state index is 0.0371. The molecule has 21 heavy (non-hydrogen) atoms. The number of benzene rings is 1. The van der Waals surface area contributed by atoms with Crippen molar-refractivity contribution in [1.82, 2.24) is 15.0 Å². The molecule has 0 fully saturated rings. The summed E-state index contributed by atoms with van der Waals surface area (Å²) < 4.78 is 16.2. The second kappa shape index (κ2) is 8.26. The first-order chi connectivity index (χ1) is 10.3. The van der Waals surface area contributed by atoms with Crippen LogP contribution in [0, 0.1) is 0 Å². The van der Waals surface area contributed by atoms with Gasteiger partial charge in [-0.15, -0.1) is 4.98 Å². The second-order valence-electron chi connectivity index (χ2n) is 4.03. The second-order valence-corrected chi connectivity index (χ2v) is 4.37. The van der Waals surface area contributed by atoms with Crippen LogP contribution in [0.2, 0.25) is 5.28 Å². The van der Waals surface area contributed by atoms with Gasteiger partial charge in [-0.25, -0.2) is 0 Å². The average molecular weight is 310 g/mol. The summed E-state index contributed by atoms with van der Waals surface area (Å²) in [4.78, 5) is 11.7. The van der Waals surface area contributed by atoms with Crippen LogP contribution in [0.5, 0.6) is 17.8 Å². The fourth-order valence-corrected chi connectivity index (χ4v) is 1.59. The Kier molecular flexibility index (Phi) is 6.02. The Balaban J connectivity index is 1.81. The molecule has 0 N–H and O–H groups in total. The minimum Gasteiger partial charge on any atom is -0.490 e. The highest BCUT2D eigenvalue weighted by molar-refractivity contribution is 6.28. The summed E-state index contributed by atoms with van der Waals surface area (Å²) in [6, 6.07) is 9.76. The van der Waals surface area contributed by atoms with E-state index in [0.29, 0.717) is 19.8 Å². The van der Waals surface area contributed by atoms with Crippen molar-refractivity contribution in [3.63, 3.8) is 0 Å². The van der Waals surface area contributed by atoms with E-state index in [1.54, 1.807) is 0 Å². The largest absolute Gasteiger partial charge is 0.490 e. The Morgan fingerprint density at radius 1 is 0.857 bits per heavy atom. The van der Waals surface area contributed by atoms with Crippen LogP contribution in [0.1, 0.15) is 13.3 Å². The van der Waals surface area contributed by atoms with Gasteiger partial charge in [-0.05, 0) is 30.2 Å². The van der Waals surface area contributed by atoms with Crippen molar-refractivity contribution in [2.75, 3.05) is 19.8 Å². The van der Waals surface area contributed by atoms with Crippen LogP contribution in [-0.4, -0.2) is 34.8 Å². The van der Waals surface area contributed by atoms with E-state index in [0.717, 1.165) is 12.2 Å². The van der Waals surface area contributed by atoms with Crippen LogP contribution in [0.4, 0.5) is 0 Å². The normalized spacial score (nSPS) is 10.2. The number of hydrogen-bond donors (Lipinski definition) is 0. The molecule has 0 saturated heterocycles. The highest BCUT2D eigenvalue weighted by atomic mass is 35.5. The van der Waals surface area contributed by atoms with E-state index in [9.17, 15) is 0 Å². The first-order valence-corrected chi connectivity index (χ1v) is 7.00. The van der Waals surface area contributed by atoms with E-state index >= 15 is 0 Å². The van der Waals surface area contributed by atoms with Crippen molar-refractivity contribution < 1.29 is 14.2 Å². The number of rotatable bonds is 8. The molecule has 0 radical (unpaired) electrons. The van der Waals surface area contributed by atoms with Crippen molar-refractivity contribution >= 4 is 11.6 Å². The molecule has 0 spiro atoms. The van der Waals surface area contributed by atoms with Gasteiger partial charge in [0.15, 0.2) is 0 Å². The van der Waals surface area contributed by atoms with Crippen molar-refractivity contribution in [2.24, 2.45) is 0 Å². The molecular formula is C14H16ClN3O3. The Hall–Kier alpha value is -2.08. The van der Waals surface area contributed by atoms with E-state index in [1.807, 2.05) is 37.3 Å². The zero-order valence-corrected chi connectivity index (χ0v) is 12.4. The molecule has 2 rings (SSSR count). The molecule has 0 amide bonds. The first kappa shape index (κ1) is 15.3. The number of ether oxygens (including phenoxy) is 3. The number of hydrogen-bond acceptors (Lipinski definition) is 6. The summed E-state index contributed by atoms with van der Waals surface area (Å²) in [5.74, 6) is 0.779. The molecule has 0 aliphatic rings. The van der Waals surface area contributed by atoms with Gasteiger partial charge in [-0.2, -0.15) is 9.97 Å². The van der Waals surface area contributed by atoms with E-state index in [1.165, 1.54) is 0 Å². The van der Waals surface area contributed by atoms with Gasteiger partial charge in [0.05, 0.1) is 6.61 Å². The van der Waals surface area contributed by atoms with E-state index in [-0.39, 0.29) is 17.3 Å². The summed E-state index contributed by atoms with van der Waals surface area (Å²) in [5, 5.41) is 0.0371.